The normalized spacial score (nSPS) is 15.0. The highest BCUT2D eigenvalue weighted by Gasteiger charge is 2.35. The zero-order chi connectivity index (χ0) is 30.5. The second kappa shape index (κ2) is 13.1. The van der Waals surface area contributed by atoms with Gasteiger partial charge in [-0.15, -0.1) is 10.2 Å². The summed E-state index contributed by atoms with van der Waals surface area (Å²) < 4.78 is 27.5. The van der Waals surface area contributed by atoms with Crippen molar-refractivity contribution in [2.45, 2.75) is 57.3 Å². The Morgan fingerprint density at radius 1 is 1.02 bits per heavy atom. The molecule has 1 aliphatic heterocycles. The number of methoxy groups -OCH3 is 2. The second-order valence-corrected chi connectivity index (χ2v) is 10.7. The van der Waals surface area contributed by atoms with Crippen LogP contribution in [0.3, 0.4) is 0 Å². The molecule has 1 fully saturated rings. The van der Waals surface area contributed by atoms with Crippen LogP contribution in [0.2, 0.25) is 0 Å². The van der Waals surface area contributed by atoms with Crippen LogP contribution < -0.4 is 24.3 Å². The fourth-order valence-electron chi connectivity index (χ4n) is 5.57. The van der Waals surface area contributed by atoms with Crippen molar-refractivity contribution < 1.29 is 33.0 Å². The Kier molecular flexibility index (Phi) is 8.62. The second-order valence-electron chi connectivity index (χ2n) is 10.7. The summed E-state index contributed by atoms with van der Waals surface area (Å²) in [6, 6.07) is 13.1. The number of fused-ring (bicyclic) bond motifs is 1. The summed E-state index contributed by atoms with van der Waals surface area (Å²) in [6.45, 7) is -0.0461. The van der Waals surface area contributed by atoms with E-state index in [-0.39, 0.29) is 31.8 Å². The number of hydrogen-bond donors (Lipinski definition) is 1. The summed E-state index contributed by atoms with van der Waals surface area (Å²) in [5.74, 6) is 2.22. The molecule has 44 heavy (non-hydrogen) atoms. The molecule has 1 atom stereocenters. The van der Waals surface area contributed by atoms with Gasteiger partial charge in [0.05, 0.1) is 20.5 Å². The monoisotopic (exact) mass is 602 g/mol. The van der Waals surface area contributed by atoms with E-state index in [0.717, 1.165) is 37.7 Å². The van der Waals surface area contributed by atoms with Gasteiger partial charge in [0, 0.05) is 18.2 Å². The van der Waals surface area contributed by atoms with Gasteiger partial charge < -0.3 is 33.6 Å². The van der Waals surface area contributed by atoms with E-state index in [4.69, 9.17) is 23.4 Å². The molecule has 13 nitrogen and oxygen atoms in total. The molecule has 0 bridgehead atoms. The van der Waals surface area contributed by atoms with Gasteiger partial charge in [-0.1, -0.05) is 25.3 Å². The van der Waals surface area contributed by atoms with Crippen molar-refractivity contribution in [3.8, 4) is 34.4 Å². The molecule has 2 amide bonds. The number of nitrogens with one attached hydrogen (secondary N) is 1. The number of rotatable bonds is 11. The van der Waals surface area contributed by atoms with E-state index < -0.39 is 11.9 Å². The molecule has 6 rings (SSSR count). The number of benzene rings is 2. The fourth-order valence-corrected chi connectivity index (χ4v) is 5.57. The Morgan fingerprint density at radius 3 is 2.61 bits per heavy atom. The quantitative estimate of drug-likeness (QED) is 0.269. The number of ether oxygens (including phenoxy) is 4. The molecule has 1 aliphatic carbocycles. The molecule has 0 radical (unpaired) electrons. The summed E-state index contributed by atoms with van der Waals surface area (Å²) in [7, 11) is 3.09. The molecule has 2 aliphatic rings. The molecule has 3 heterocycles. The maximum atomic E-state index is 14.1. The van der Waals surface area contributed by atoms with Crippen molar-refractivity contribution in [2.75, 3.05) is 21.0 Å². The number of hydrogen-bond acceptors (Lipinski definition) is 10. The summed E-state index contributed by atoms with van der Waals surface area (Å²) in [5.41, 5.74) is 1.39. The molecule has 0 saturated heterocycles. The first-order valence-electron chi connectivity index (χ1n) is 14.5. The lowest BCUT2D eigenvalue weighted by Gasteiger charge is -2.32. The first-order valence-corrected chi connectivity index (χ1v) is 14.5. The Morgan fingerprint density at radius 2 is 1.84 bits per heavy atom. The van der Waals surface area contributed by atoms with Crippen molar-refractivity contribution in [2.24, 2.45) is 0 Å². The van der Waals surface area contributed by atoms with Crippen molar-refractivity contribution in [3.05, 3.63) is 66.1 Å². The Balaban J connectivity index is 1.29. The number of carbonyl (C=O) groups is 2. The van der Waals surface area contributed by atoms with E-state index in [9.17, 15) is 9.59 Å². The van der Waals surface area contributed by atoms with Gasteiger partial charge in [0.2, 0.25) is 18.5 Å². The van der Waals surface area contributed by atoms with Crippen LogP contribution >= 0.6 is 0 Å². The molecule has 230 valence electrons. The number of aromatic nitrogens is 4. The van der Waals surface area contributed by atoms with Gasteiger partial charge >= 0.3 is 0 Å². The van der Waals surface area contributed by atoms with E-state index in [0.29, 0.717) is 40.1 Å². The standard InChI is InChI=1S/C31H34N6O7/c1-40-23-13-11-21(16-26(23)41-2)30-33-35-37(34-30)18-28(38)36(17-20-10-12-24-27(15-20)44-19-43-24)29(25-9-6-14-42-25)31(39)32-22-7-4-3-5-8-22/h6,9-16,22,29H,3-5,7-8,17-19H2,1-2H3,(H,32,39). The van der Waals surface area contributed by atoms with Crippen LogP contribution in [0.5, 0.6) is 23.0 Å². The SMILES string of the molecule is COc1ccc(-c2nnn(CC(=O)N(Cc3ccc4c(c3)OCO4)C(C(=O)NC3CCCCC3)c3ccco3)n2)cc1OC. The molecular weight excluding hydrogens is 568 g/mol. The summed E-state index contributed by atoms with van der Waals surface area (Å²) in [6.07, 6.45) is 6.54. The third kappa shape index (κ3) is 6.31. The van der Waals surface area contributed by atoms with E-state index in [1.807, 2.05) is 12.1 Å². The minimum Gasteiger partial charge on any atom is -0.493 e. The van der Waals surface area contributed by atoms with Crippen molar-refractivity contribution in [1.29, 1.82) is 0 Å². The highest BCUT2D eigenvalue weighted by molar-refractivity contribution is 5.88. The highest BCUT2D eigenvalue weighted by Crippen LogP contribution is 2.34. The third-order valence-electron chi connectivity index (χ3n) is 7.81. The van der Waals surface area contributed by atoms with Gasteiger partial charge in [0.25, 0.3) is 5.91 Å². The number of tetrazole rings is 1. The van der Waals surface area contributed by atoms with Crippen molar-refractivity contribution >= 4 is 11.8 Å². The Hall–Kier alpha value is -5.07. The molecule has 2 aromatic heterocycles. The number of nitrogens with zero attached hydrogens (tertiary/aromatic N) is 5. The first-order chi connectivity index (χ1) is 21.5. The lowest BCUT2D eigenvalue weighted by Crippen LogP contribution is -2.47. The van der Waals surface area contributed by atoms with Crippen molar-refractivity contribution in [1.82, 2.24) is 30.4 Å². The van der Waals surface area contributed by atoms with Crippen LogP contribution in [0.1, 0.15) is 49.5 Å². The minimum atomic E-state index is -1.03. The van der Waals surface area contributed by atoms with Crippen LogP contribution in [0, 0.1) is 0 Å². The zero-order valence-electron chi connectivity index (χ0n) is 24.6. The lowest BCUT2D eigenvalue weighted by molar-refractivity contribution is -0.143. The molecule has 0 spiro atoms. The van der Waals surface area contributed by atoms with Crippen LogP contribution in [-0.4, -0.2) is 64.0 Å². The fraction of sp³-hybridized carbons (Fsp3) is 0.387. The average Bonchev–Trinajstić information content (AvgIpc) is 3.84. The topological polar surface area (TPSA) is 143 Å². The van der Waals surface area contributed by atoms with Crippen LogP contribution in [0.4, 0.5) is 0 Å². The van der Waals surface area contributed by atoms with Gasteiger partial charge in [-0.3, -0.25) is 9.59 Å². The van der Waals surface area contributed by atoms with Crippen molar-refractivity contribution in [3.63, 3.8) is 0 Å². The zero-order valence-corrected chi connectivity index (χ0v) is 24.6. The molecule has 4 aromatic rings. The van der Waals surface area contributed by atoms with Gasteiger partial charge in [-0.2, -0.15) is 4.80 Å². The number of carbonyl (C=O) groups excluding carboxylic acids is 2. The number of amides is 2. The smallest absolute Gasteiger partial charge is 0.250 e. The molecule has 13 heteroatoms. The molecule has 2 aromatic carbocycles. The summed E-state index contributed by atoms with van der Waals surface area (Å²) >= 11 is 0. The van der Waals surface area contributed by atoms with E-state index >= 15 is 0 Å². The van der Waals surface area contributed by atoms with E-state index in [1.165, 1.54) is 16.0 Å². The van der Waals surface area contributed by atoms with Gasteiger partial charge in [-0.05, 0) is 66.1 Å². The maximum Gasteiger partial charge on any atom is 0.250 e. The van der Waals surface area contributed by atoms with E-state index in [1.54, 1.807) is 50.6 Å². The largest absolute Gasteiger partial charge is 0.493 e. The van der Waals surface area contributed by atoms with E-state index in [2.05, 4.69) is 20.7 Å². The first kappa shape index (κ1) is 29.0. The molecule has 1 N–H and O–H groups in total. The predicted octanol–water partition coefficient (Wildman–Crippen LogP) is 3.90. The maximum absolute atomic E-state index is 14.1. The van der Waals surface area contributed by atoms with Crippen LogP contribution in [0.25, 0.3) is 11.4 Å². The summed E-state index contributed by atoms with van der Waals surface area (Å²) in [4.78, 5) is 30.7. The third-order valence-corrected chi connectivity index (χ3v) is 7.81. The molecule has 1 saturated carbocycles. The van der Waals surface area contributed by atoms with Gasteiger partial charge in [0.15, 0.2) is 29.0 Å². The Bertz CT molecular complexity index is 1600. The predicted molar refractivity (Wildman–Crippen MR) is 156 cm³/mol. The lowest BCUT2D eigenvalue weighted by atomic mass is 9.95. The Labute approximate surface area is 254 Å². The number of furan rings is 1. The van der Waals surface area contributed by atoms with Crippen LogP contribution in [-0.2, 0) is 22.7 Å². The average molecular weight is 603 g/mol. The minimum absolute atomic E-state index is 0.0391. The molecule has 1 unspecified atom stereocenters. The van der Waals surface area contributed by atoms with Crippen LogP contribution in [0.15, 0.2) is 59.2 Å². The highest BCUT2D eigenvalue weighted by atomic mass is 16.7. The van der Waals surface area contributed by atoms with Gasteiger partial charge in [0.1, 0.15) is 12.3 Å². The summed E-state index contributed by atoms with van der Waals surface area (Å²) in [5, 5.41) is 15.9. The van der Waals surface area contributed by atoms with Gasteiger partial charge in [-0.25, -0.2) is 0 Å². The molecular formula is C31H34N6O7.